The first-order valence-electron chi connectivity index (χ1n) is 13.4. The summed E-state index contributed by atoms with van der Waals surface area (Å²) in [7, 11) is -3.37. The van der Waals surface area contributed by atoms with Crippen LogP contribution in [-0.4, -0.2) is 83.4 Å². The average Bonchev–Trinajstić information content (AvgIpc) is 3.23. The van der Waals surface area contributed by atoms with Crippen LogP contribution < -0.4 is 5.32 Å². The highest BCUT2D eigenvalue weighted by molar-refractivity contribution is 7.90. The summed E-state index contributed by atoms with van der Waals surface area (Å²) in [4.78, 5) is 29.5. The minimum atomic E-state index is -3.37. The van der Waals surface area contributed by atoms with Gasteiger partial charge >= 0.3 is 0 Å². The maximum atomic E-state index is 14.0. The number of nitrogens with zero attached hydrogens (tertiary/aromatic N) is 4. The second kappa shape index (κ2) is 9.97. The molecule has 3 unspecified atom stereocenters. The monoisotopic (exact) mass is 559 g/mol. The number of sulfone groups is 1. The molecule has 2 aliphatic heterocycles. The van der Waals surface area contributed by atoms with Crippen LogP contribution in [0.25, 0.3) is 0 Å². The molecule has 3 aliphatic rings. The molecule has 11 nitrogen and oxygen atoms in total. The molecule has 4 atom stereocenters. The van der Waals surface area contributed by atoms with Crippen molar-refractivity contribution in [3.05, 3.63) is 41.7 Å². The first kappa shape index (κ1) is 27.7. The third kappa shape index (κ3) is 5.59. The van der Waals surface area contributed by atoms with Crippen LogP contribution in [0.3, 0.4) is 0 Å². The van der Waals surface area contributed by atoms with Gasteiger partial charge in [0, 0.05) is 44.4 Å². The van der Waals surface area contributed by atoms with Crippen LogP contribution in [0, 0.1) is 5.41 Å². The average molecular weight is 560 g/mol. The zero-order chi connectivity index (χ0) is 28.2. The molecule has 12 heteroatoms. The quantitative estimate of drug-likeness (QED) is 0.520. The predicted molar refractivity (Wildman–Crippen MR) is 141 cm³/mol. The van der Waals surface area contributed by atoms with Crippen LogP contribution >= 0.6 is 0 Å². The lowest BCUT2D eigenvalue weighted by Crippen LogP contribution is -2.55. The third-order valence-electron chi connectivity index (χ3n) is 7.93. The van der Waals surface area contributed by atoms with E-state index in [0.717, 1.165) is 30.4 Å². The Morgan fingerprint density at radius 3 is 2.46 bits per heavy atom. The molecule has 39 heavy (non-hydrogen) atoms. The standard InChI is InChI=1S/C27H37N5O6S/c1-26(2,3)23(32-15-21(29-30-32)17-5-6-17)25(35)31-14-19(33)13-22(31)24(34)28-27(11-12-38-16-27)18-7-9-20(10-8-18)39(4,36)37/h7-10,15,17,19,22-23,33H,5-6,11-14,16H2,1-4H3,(H,28,34)/t19?,22?,23-,27?/m1/s1. The van der Waals surface area contributed by atoms with Gasteiger partial charge in [0.05, 0.1) is 28.8 Å². The Balaban J connectivity index is 1.40. The van der Waals surface area contributed by atoms with Gasteiger partial charge in [-0.25, -0.2) is 13.1 Å². The number of aromatic nitrogens is 3. The topological polar surface area (TPSA) is 144 Å². The summed E-state index contributed by atoms with van der Waals surface area (Å²) in [6.45, 7) is 6.52. The number of β-amino-alcohol motifs (C(OH)–C–C–N with tert-alkyl or cyclic N) is 1. The van der Waals surface area contributed by atoms with E-state index in [4.69, 9.17) is 4.74 Å². The smallest absolute Gasteiger partial charge is 0.248 e. The number of ether oxygens (including phenoxy) is 1. The van der Waals surface area contributed by atoms with E-state index in [1.54, 1.807) is 16.8 Å². The van der Waals surface area contributed by atoms with Crippen LogP contribution in [-0.2, 0) is 29.7 Å². The van der Waals surface area contributed by atoms with Crippen molar-refractivity contribution in [2.24, 2.45) is 5.41 Å². The summed E-state index contributed by atoms with van der Waals surface area (Å²) >= 11 is 0. The lowest BCUT2D eigenvalue weighted by atomic mass is 9.85. The fourth-order valence-electron chi connectivity index (χ4n) is 5.63. The van der Waals surface area contributed by atoms with Crippen LogP contribution in [0.2, 0.25) is 0 Å². The van der Waals surface area contributed by atoms with E-state index in [1.165, 1.54) is 17.0 Å². The van der Waals surface area contributed by atoms with E-state index >= 15 is 0 Å². The van der Waals surface area contributed by atoms with E-state index in [0.29, 0.717) is 18.9 Å². The van der Waals surface area contributed by atoms with Crippen molar-refractivity contribution in [1.29, 1.82) is 0 Å². The summed E-state index contributed by atoms with van der Waals surface area (Å²) in [5, 5.41) is 22.2. The zero-order valence-electron chi connectivity index (χ0n) is 22.8. The highest BCUT2D eigenvalue weighted by Gasteiger charge is 2.48. The number of aliphatic hydroxyl groups excluding tert-OH is 1. The van der Waals surface area contributed by atoms with Crippen LogP contribution in [0.1, 0.15) is 69.7 Å². The molecule has 212 valence electrons. The lowest BCUT2D eigenvalue weighted by Gasteiger charge is -2.36. The fourth-order valence-corrected chi connectivity index (χ4v) is 6.26. The molecule has 5 rings (SSSR count). The van der Waals surface area contributed by atoms with E-state index in [1.807, 2.05) is 27.0 Å². The third-order valence-corrected chi connectivity index (χ3v) is 9.05. The van der Waals surface area contributed by atoms with Gasteiger partial charge in [0.1, 0.15) is 12.1 Å². The second-order valence-corrected chi connectivity index (χ2v) is 14.2. The number of benzene rings is 1. The van der Waals surface area contributed by atoms with Gasteiger partial charge in [0.25, 0.3) is 0 Å². The molecule has 3 heterocycles. The number of likely N-dealkylation sites (tertiary alicyclic amines) is 1. The second-order valence-electron chi connectivity index (χ2n) is 12.2. The van der Waals surface area contributed by atoms with E-state index in [2.05, 4.69) is 15.6 Å². The number of carbonyl (C=O) groups is 2. The number of hydrogen-bond acceptors (Lipinski definition) is 8. The highest BCUT2D eigenvalue weighted by Crippen LogP contribution is 2.40. The maximum absolute atomic E-state index is 14.0. The Morgan fingerprint density at radius 1 is 1.21 bits per heavy atom. The largest absolute Gasteiger partial charge is 0.391 e. The molecular formula is C27H37N5O6S. The number of hydrogen-bond donors (Lipinski definition) is 2. The van der Waals surface area contributed by atoms with Gasteiger partial charge in [-0.05, 0) is 36.0 Å². The molecule has 1 saturated carbocycles. The van der Waals surface area contributed by atoms with Gasteiger partial charge in [-0.2, -0.15) is 0 Å². The Labute approximate surface area is 228 Å². The van der Waals surface area contributed by atoms with Gasteiger partial charge < -0.3 is 20.1 Å². The normalized spacial score (nSPS) is 26.5. The van der Waals surface area contributed by atoms with Gasteiger partial charge in [-0.3, -0.25) is 9.59 Å². The van der Waals surface area contributed by atoms with E-state index in [-0.39, 0.29) is 36.3 Å². The van der Waals surface area contributed by atoms with Crippen LogP contribution in [0.5, 0.6) is 0 Å². The van der Waals surface area contributed by atoms with Crippen LogP contribution in [0.15, 0.2) is 35.4 Å². The predicted octanol–water partition coefficient (Wildman–Crippen LogP) is 1.54. The summed E-state index contributed by atoms with van der Waals surface area (Å²) in [5.41, 5.74) is 0.198. The van der Waals surface area contributed by atoms with Gasteiger partial charge in [-0.15, -0.1) is 5.10 Å². The van der Waals surface area contributed by atoms with Crippen molar-refractivity contribution >= 4 is 21.7 Å². The molecule has 3 fully saturated rings. The van der Waals surface area contributed by atoms with Gasteiger partial charge in [0.2, 0.25) is 11.8 Å². The molecule has 2 saturated heterocycles. The number of amides is 2. The fraction of sp³-hybridized carbons (Fsp3) is 0.630. The maximum Gasteiger partial charge on any atom is 0.248 e. The van der Waals surface area contributed by atoms with Gasteiger partial charge in [-0.1, -0.05) is 38.1 Å². The Kier molecular flexibility index (Phi) is 7.09. The Hall–Kier alpha value is -2.83. The van der Waals surface area contributed by atoms with Crippen molar-refractivity contribution in [1.82, 2.24) is 25.2 Å². The molecule has 0 radical (unpaired) electrons. The summed E-state index contributed by atoms with van der Waals surface area (Å²) < 4.78 is 31.1. The Bertz CT molecular complexity index is 1340. The Morgan fingerprint density at radius 2 is 1.90 bits per heavy atom. The molecule has 0 spiro atoms. The van der Waals surface area contributed by atoms with Gasteiger partial charge in [0.15, 0.2) is 9.84 Å². The number of aliphatic hydroxyl groups is 1. The molecular weight excluding hydrogens is 522 g/mol. The number of carbonyl (C=O) groups excluding carboxylic acids is 2. The molecule has 1 aromatic heterocycles. The lowest BCUT2D eigenvalue weighted by molar-refractivity contribution is -0.144. The SMILES string of the molecule is CC(C)(C)[C@@H](C(=O)N1CC(O)CC1C(=O)NC1(c2ccc(S(C)(=O)=O)cc2)CCOC1)n1cc(C2CC2)nn1. The van der Waals surface area contributed by atoms with Crippen molar-refractivity contribution in [2.75, 3.05) is 26.0 Å². The summed E-state index contributed by atoms with van der Waals surface area (Å²) in [6.07, 6.45) is 4.88. The molecule has 1 aliphatic carbocycles. The zero-order valence-corrected chi connectivity index (χ0v) is 23.6. The summed E-state index contributed by atoms with van der Waals surface area (Å²) in [6, 6.07) is 4.84. The molecule has 2 amide bonds. The molecule has 0 bridgehead atoms. The van der Waals surface area contributed by atoms with Crippen molar-refractivity contribution in [3.8, 4) is 0 Å². The minimum absolute atomic E-state index is 0.0419. The van der Waals surface area contributed by atoms with Crippen molar-refractivity contribution < 1.29 is 27.9 Å². The first-order chi connectivity index (χ1) is 18.3. The number of rotatable bonds is 7. The van der Waals surface area contributed by atoms with Crippen molar-refractivity contribution in [2.45, 2.75) is 81.0 Å². The summed E-state index contributed by atoms with van der Waals surface area (Å²) in [5.74, 6) is -0.291. The highest BCUT2D eigenvalue weighted by atomic mass is 32.2. The number of nitrogens with one attached hydrogen (secondary N) is 1. The van der Waals surface area contributed by atoms with Crippen molar-refractivity contribution in [3.63, 3.8) is 0 Å². The van der Waals surface area contributed by atoms with E-state index in [9.17, 15) is 23.1 Å². The van der Waals surface area contributed by atoms with Crippen LogP contribution in [0.4, 0.5) is 0 Å². The molecule has 2 aromatic rings. The first-order valence-corrected chi connectivity index (χ1v) is 15.3. The minimum Gasteiger partial charge on any atom is -0.391 e. The molecule has 1 aromatic carbocycles. The molecule has 2 N–H and O–H groups in total. The van der Waals surface area contributed by atoms with E-state index < -0.39 is 39.0 Å².